The van der Waals surface area contributed by atoms with Crippen LogP contribution in [0.5, 0.6) is 11.5 Å². The van der Waals surface area contributed by atoms with Crippen molar-refractivity contribution in [3.8, 4) is 11.5 Å². The Balaban J connectivity index is 1.90. The van der Waals surface area contributed by atoms with Gasteiger partial charge in [0.05, 0.1) is 13.0 Å². The molecule has 132 valence electrons. The van der Waals surface area contributed by atoms with Crippen molar-refractivity contribution in [3.05, 3.63) is 23.8 Å². The number of hydrogen-bond acceptors (Lipinski definition) is 4. The molecular formula is C16H20Cl2N2O4. The van der Waals surface area contributed by atoms with E-state index in [1.54, 1.807) is 18.2 Å². The molecule has 24 heavy (non-hydrogen) atoms. The molecule has 1 atom stereocenters. The zero-order valence-corrected chi connectivity index (χ0v) is 15.0. The number of nitrogens with one attached hydrogen (secondary N) is 2. The fraction of sp³-hybridized carbons (Fsp3) is 0.500. The van der Waals surface area contributed by atoms with Crippen molar-refractivity contribution in [1.82, 2.24) is 10.6 Å². The summed E-state index contributed by atoms with van der Waals surface area (Å²) in [6.07, 6.45) is 0.470. The molecule has 1 fully saturated rings. The molecule has 1 aromatic rings. The summed E-state index contributed by atoms with van der Waals surface area (Å²) < 4.78 is 9.77. The minimum absolute atomic E-state index is 0.0878. The van der Waals surface area contributed by atoms with Crippen molar-refractivity contribution in [2.75, 3.05) is 20.3 Å². The maximum absolute atomic E-state index is 11.9. The van der Waals surface area contributed by atoms with E-state index in [1.165, 1.54) is 7.11 Å². The largest absolute Gasteiger partial charge is 0.493 e. The van der Waals surface area contributed by atoms with Crippen LogP contribution in [0.2, 0.25) is 0 Å². The van der Waals surface area contributed by atoms with Crippen molar-refractivity contribution < 1.29 is 19.1 Å². The smallest absolute Gasteiger partial charge is 0.257 e. The van der Waals surface area contributed by atoms with E-state index in [1.807, 2.05) is 6.92 Å². The van der Waals surface area contributed by atoms with Gasteiger partial charge in [-0.1, -0.05) is 6.07 Å². The third kappa shape index (κ3) is 4.92. The third-order valence-electron chi connectivity index (χ3n) is 3.57. The van der Waals surface area contributed by atoms with Crippen molar-refractivity contribution in [2.24, 2.45) is 5.92 Å². The van der Waals surface area contributed by atoms with Gasteiger partial charge < -0.3 is 20.1 Å². The van der Waals surface area contributed by atoms with E-state index < -0.39 is 4.33 Å². The first-order chi connectivity index (χ1) is 11.4. The van der Waals surface area contributed by atoms with Gasteiger partial charge in [-0.25, -0.2) is 0 Å². The second-order valence-electron chi connectivity index (χ2n) is 5.46. The second kappa shape index (κ2) is 7.94. The van der Waals surface area contributed by atoms with Crippen LogP contribution in [0.25, 0.3) is 0 Å². The molecule has 0 spiro atoms. The molecule has 0 radical (unpaired) electrons. The number of hydrogen-bond donors (Lipinski definition) is 2. The topological polar surface area (TPSA) is 76.7 Å². The predicted octanol–water partition coefficient (Wildman–Crippen LogP) is 2.02. The van der Waals surface area contributed by atoms with Gasteiger partial charge in [-0.15, -0.1) is 23.2 Å². The Morgan fingerprint density at radius 1 is 1.29 bits per heavy atom. The Morgan fingerprint density at radius 2 is 2.00 bits per heavy atom. The lowest BCUT2D eigenvalue weighted by Crippen LogP contribution is -2.28. The Bertz CT molecular complexity index is 622. The molecule has 2 N–H and O–H groups in total. The summed E-state index contributed by atoms with van der Waals surface area (Å²) >= 11 is 11.7. The molecule has 2 amide bonds. The summed E-state index contributed by atoms with van der Waals surface area (Å²) in [4.78, 5) is 23.3. The minimum Gasteiger partial charge on any atom is -0.493 e. The second-order valence-corrected chi connectivity index (χ2v) is 7.01. The molecule has 1 saturated carbocycles. The Labute approximate surface area is 150 Å². The fourth-order valence-electron chi connectivity index (χ4n) is 2.14. The van der Waals surface area contributed by atoms with Gasteiger partial charge in [-0.2, -0.15) is 0 Å². The first-order valence-electron chi connectivity index (χ1n) is 7.59. The lowest BCUT2D eigenvalue weighted by molar-refractivity contribution is -0.123. The standard InChI is InChI=1S/C16H20Cl2N2O4/c1-3-19-14(21)9-24-12-5-4-10(6-13(12)23-2)8-20-15(22)11-7-16(11,17)18/h4-6,11H,3,7-9H2,1-2H3,(H,19,21)(H,20,22). The van der Waals surface area contributed by atoms with Crippen LogP contribution in [0.15, 0.2) is 18.2 Å². The van der Waals surface area contributed by atoms with Crippen LogP contribution >= 0.6 is 23.2 Å². The van der Waals surface area contributed by atoms with Crippen molar-refractivity contribution in [2.45, 2.75) is 24.2 Å². The number of amides is 2. The number of carbonyl (C=O) groups excluding carboxylic acids is 2. The lowest BCUT2D eigenvalue weighted by Gasteiger charge is -2.12. The SMILES string of the molecule is CCNC(=O)COc1ccc(CNC(=O)C2CC2(Cl)Cl)cc1OC. The van der Waals surface area contributed by atoms with E-state index in [2.05, 4.69) is 10.6 Å². The molecule has 2 rings (SSSR count). The lowest BCUT2D eigenvalue weighted by atomic mass is 10.2. The van der Waals surface area contributed by atoms with Crippen molar-refractivity contribution >= 4 is 35.0 Å². The number of likely N-dealkylation sites (N-methyl/N-ethyl adjacent to an activating group) is 1. The van der Waals surface area contributed by atoms with Gasteiger partial charge in [0.2, 0.25) is 5.91 Å². The van der Waals surface area contributed by atoms with Crippen molar-refractivity contribution in [1.29, 1.82) is 0 Å². The molecule has 8 heteroatoms. The average molecular weight is 375 g/mol. The van der Waals surface area contributed by atoms with Gasteiger partial charge in [0.25, 0.3) is 5.91 Å². The molecule has 1 unspecified atom stereocenters. The van der Waals surface area contributed by atoms with Crippen LogP contribution in [-0.4, -0.2) is 36.4 Å². The van der Waals surface area contributed by atoms with Crippen LogP contribution in [0.4, 0.5) is 0 Å². The molecule has 1 aliphatic rings. The maximum atomic E-state index is 11.9. The monoisotopic (exact) mass is 374 g/mol. The first kappa shape index (κ1) is 18.7. The summed E-state index contributed by atoms with van der Waals surface area (Å²) in [5, 5.41) is 5.43. The summed E-state index contributed by atoms with van der Waals surface area (Å²) in [6, 6.07) is 5.23. The highest BCUT2D eigenvalue weighted by atomic mass is 35.5. The summed E-state index contributed by atoms with van der Waals surface area (Å²) in [5.74, 6) is 0.215. The number of rotatable bonds is 8. The normalized spacial score (nSPS) is 17.8. The molecule has 0 aliphatic heterocycles. The zero-order valence-electron chi connectivity index (χ0n) is 13.5. The average Bonchev–Trinajstić information content (AvgIpc) is 3.20. The maximum Gasteiger partial charge on any atom is 0.257 e. The first-order valence-corrected chi connectivity index (χ1v) is 8.35. The van der Waals surface area contributed by atoms with Gasteiger partial charge >= 0.3 is 0 Å². The fourth-order valence-corrected chi connectivity index (χ4v) is 2.65. The highest BCUT2D eigenvalue weighted by molar-refractivity contribution is 6.52. The van der Waals surface area contributed by atoms with Crippen LogP contribution in [0, 0.1) is 5.92 Å². The number of halogens is 2. The molecule has 1 aliphatic carbocycles. The summed E-state index contributed by atoms with van der Waals surface area (Å²) in [5.41, 5.74) is 0.834. The molecule has 1 aromatic carbocycles. The van der Waals surface area contributed by atoms with E-state index in [4.69, 9.17) is 32.7 Å². The minimum atomic E-state index is -0.932. The van der Waals surface area contributed by atoms with Gasteiger partial charge in [0.1, 0.15) is 4.33 Å². The quantitative estimate of drug-likeness (QED) is 0.682. The number of methoxy groups -OCH3 is 1. The van der Waals surface area contributed by atoms with E-state index in [9.17, 15) is 9.59 Å². The number of ether oxygens (including phenoxy) is 2. The molecule has 0 saturated heterocycles. The number of benzene rings is 1. The summed E-state index contributed by atoms with van der Waals surface area (Å²) in [6.45, 7) is 2.62. The molecular weight excluding hydrogens is 355 g/mol. The van der Waals surface area contributed by atoms with E-state index >= 15 is 0 Å². The Kier molecular flexibility index (Phi) is 6.18. The predicted molar refractivity (Wildman–Crippen MR) is 91.6 cm³/mol. The summed E-state index contributed by atoms with van der Waals surface area (Å²) in [7, 11) is 1.51. The van der Waals surface area contributed by atoms with E-state index in [-0.39, 0.29) is 24.3 Å². The van der Waals surface area contributed by atoms with Crippen LogP contribution in [0.3, 0.4) is 0 Å². The van der Waals surface area contributed by atoms with Crippen LogP contribution < -0.4 is 20.1 Å². The van der Waals surface area contributed by atoms with E-state index in [0.717, 1.165) is 5.56 Å². The van der Waals surface area contributed by atoms with Gasteiger partial charge in [0, 0.05) is 13.1 Å². The van der Waals surface area contributed by atoms with Crippen molar-refractivity contribution in [3.63, 3.8) is 0 Å². The number of alkyl halides is 2. The highest BCUT2D eigenvalue weighted by Gasteiger charge is 2.56. The van der Waals surface area contributed by atoms with E-state index in [0.29, 0.717) is 31.0 Å². The Hall–Kier alpha value is -1.66. The molecule has 0 heterocycles. The molecule has 6 nitrogen and oxygen atoms in total. The molecule has 0 aromatic heterocycles. The van der Waals surface area contributed by atoms with Crippen LogP contribution in [0.1, 0.15) is 18.9 Å². The third-order valence-corrected chi connectivity index (χ3v) is 4.41. The van der Waals surface area contributed by atoms with Crippen LogP contribution in [-0.2, 0) is 16.1 Å². The molecule has 0 bridgehead atoms. The van der Waals surface area contributed by atoms with Gasteiger partial charge in [-0.3, -0.25) is 9.59 Å². The number of carbonyl (C=O) groups is 2. The Morgan fingerprint density at radius 3 is 2.58 bits per heavy atom. The highest BCUT2D eigenvalue weighted by Crippen LogP contribution is 2.53. The zero-order chi connectivity index (χ0) is 17.7. The van der Waals surface area contributed by atoms with Gasteiger partial charge in [0.15, 0.2) is 18.1 Å². The van der Waals surface area contributed by atoms with Gasteiger partial charge in [-0.05, 0) is 31.0 Å².